The van der Waals surface area contributed by atoms with E-state index in [-0.39, 0.29) is 10.6 Å². The molecule has 1 atom stereocenters. The van der Waals surface area contributed by atoms with Crippen molar-refractivity contribution < 1.29 is 4.79 Å². The van der Waals surface area contributed by atoms with Crippen molar-refractivity contribution in [3.8, 4) is 0 Å². The SMILES string of the molecule is CC(Br)C(=O)c1cc(Cl)cc(CBr)c1. The lowest BCUT2D eigenvalue weighted by Gasteiger charge is -2.05. The lowest BCUT2D eigenvalue weighted by atomic mass is 10.1. The third-order valence-corrected chi connectivity index (χ3v) is 3.04. The minimum Gasteiger partial charge on any atom is -0.293 e. The van der Waals surface area contributed by atoms with Crippen LogP contribution in [0.3, 0.4) is 0 Å². The molecule has 1 aromatic carbocycles. The third-order valence-electron chi connectivity index (χ3n) is 1.76. The standard InChI is InChI=1S/C10H9Br2ClO/c1-6(12)10(14)8-2-7(5-11)3-9(13)4-8/h2-4,6H,5H2,1H3. The zero-order valence-electron chi connectivity index (χ0n) is 7.56. The van der Waals surface area contributed by atoms with Crippen LogP contribution in [0.25, 0.3) is 0 Å². The van der Waals surface area contributed by atoms with Gasteiger partial charge >= 0.3 is 0 Å². The van der Waals surface area contributed by atoms with Crippen molar-refractivity contribution in [1.29, 1.82) is 0 Å². The number of carbonyl (C=O) groups excluding carboxylic acids is 1. The minimum absolute atomic E-state index is 0.0506. The Morgan fingerprint density at radius 3 is 2.64 bits per heavy atom. The lowest BCUT2D eigenvalue weighted by Crippen LogP contribution is -2.10. The highest BCUT2D eigenvalue weighted by Crippen LogP contribution is 2.19. The number of hydrogen-bond acceptors (Lipinski definition) is 1. The molecule has 0 spiro atoms. The summed E-state index contributed by atoms with van der Waals surface area (Å²) in [5.41, 5.74) is 1.66. The Morgan fingerprint density at radius 2 is 2.14 bits per heavy atom. The van der Waals surface area contributed by atoms with Gasteiger partial charge in [0.1, 0.15) is 0 Å². The van der Waals surface area contributed by atoms with Crippen molar-refractivity contribution in [1.82, 2.24) is 0 Å². The summed E-state index contributed by atoms with van der Waals surface area (Å²) in [5, 5.41) is 1.29. The monoisotopic (exact) mass is 338 g/mol. The van der Waals surface area contributed by atoms with Crippen molar-refractivity contribution in [2.75, 3.05) is 0 Å². The highest BCUT2D eigenvalue weighted by atomic mass is 79.9. The highest BCUT2D eigenvalue weighted by molar-refractivity contribution is 9.10. The smallest absolute Gasteiger partial charge is 0.176 e. The normalized spacial score (nSPS) is 12.6. The fourth-order valence-corrected chi connectivity index (χ4v) is 1.95. The molecule has 0 aliphatic heterocycles. The van der Waals surface area contributed by atoms with Crippen LogP contribution in [-0.2, 0) is 5.33 Å². The second kappa shape index (κ2) is 5.29. The van der Waals surface area contributed by atoms with Crippen LogP contribution in [0.15, 0.2) is 18.2 Å². The van der Waals surface area contributed by atoms with E-state index in [1.807, 2.05) is 12.1 Å². The van der Waals surface area contributed by atoms with Crippen LogP contribution in [0, 0.1) is 0 Å². The Bertz CT molecular complexity index is 350. The number of carbonyl (C=O) groups is 1. The molecule has 14 heavy (non-hydrogen) atoms. The van der Waals surface area contributed by atoms with E-state index >= 15 is 0 Å². The third kappa shape index (κ3) is 3.07. The summed E-state index contributed by atoms with van der Waals surface area (Å²) in [6, 6.07) is 5.38. The van der Waals surface area contributed by atoms with Gasteiger partial charge in [0.2, 0.25) is 0 Å². The molecule has 0 fully saturated rings. The summed E-state index contributed by atoms with van der Waals surface area (Å²) >= 11 is 12.5. The maximum absolute atomic E-state index is 11.6. The van der Waals surface area contributed by atoms with E-state index in [4.69, 9.17) is 11.6 Å². The van der Waals surface area contributed by atoms with Gasteiger partial charge in [-0.15, -0.1) is 0 Å². The number of alkyl halides is 2. The van der Waals surface area contributed by atoms with Gasteiger partial charge in [-0.2, -0.15) is 0 Å². The van der Waals surface area contributed by atoms with Gasteiger partial charge in [0.15, 0.2) is 5.78 Å². The number of rotatable bonds is 3. The summed E-state index contributed by atoms with van der Waals surface area (Å²) in [6.45, 7) is 1.80. The minimum atomic E-state index is -0.177. The first kappa shape index (κ1) is 12.2. The highest BCUT2D eigenvalue weighted by Gasteiger charge is 2.12. The quantitative estimate of drug-likeness (QED) is 0.595. The van der Waals surface area contributed by atoms with E-state index in [0.29, 0.717) is 15.9 Å². The maximum atomic E-state index is 11.6. The molecule has 1 nitrogen and oxygen atoms in total. The first-order valence-electron chi connectivity index (χ1n) is 4.08. The summed E-state index contributed by atoms with van der Waals surface area (Å²) in [6.07, 6.45) is 0. The molecular formula is C10H9Br2ClO. The van der Waals surface area contributed by atoms with Gasteiger partial charge < -0.3 is 0 Å². The second-order valence-corrected chi connectivity index (χ2v) is 5.33. The Kier molecular flexibility index (Phi) is 4.61. The van der Waals surface area contributed by atoms with Crippen molar-refractivity contribution in [3.05, 3.63) is 34.3 Å². The molecule has 0 amide bonds. The molecule has 0 aliphatic rings. The maximum Gasteiger partial charge on any atom is 0.176 e. The molecule has 0 aliphatic carbocycles. The molecule has 0 heterocycles. The van der Waals surface area contributed by atoms with E-state index in [9.17, 15) is 4.79 Å². The average molecular weight is 340 g/mol. The van der Waals surface area contributed by atoms with Crippen molar-refractivity contribution >= 4 is 49.2 Å². The van der Waals surface area contributed by atoms with Gasteiger partial charge in [0, 0.05) is 15.9 Å². The molecule has 1 unspecified atom stereocenters. The van der Waals surface area contributed by atoms with Gasteiger partial charge in [0.05, 0.1) is 4.83 Å². The van der Waals surface area contributed by atoms with E-state index in [1.165, 1.54) is 0 Å². The number of benzene rings is 1. The number of ketones is 1. The van der Waals surface area contributed by atoms with Crippen LogP contribution in [0.4, 0.5) is 0 Å². The number of Topliss-reactive ketones (excluding diaryl/α,β-unsaturated/α-hetero) is 1. The van der Waals surface area contributed by atoms with Gasteiger partial charge in [-0.05, 0) is 30.7 Å². The summed E-state index contributed by atoms with van der Waals surface area (Å²) < 4.78 is 0. The molecule has 0 radical (unpaired) electrons. The number of halogens is 3. The van der Waals surface area contributed by atoms with Gasteiger partial charge in [0.25, 0.3) is 0 Å². The van der Waals surface area contributed by atoms with E-state index in [0.717, 1.165) is 5.56 Å². The average Bonchev–Trinajstić information content (AvgIpc) is 2.15. The van der Waals surface area contributed by atoms with Crippen LogP contribution in [0.1, 0.15) is 22.8 Å². The first-order valence-corrected chi connectivity index (χ1v) is 6.50. The molecule has 4 heteroatoms. The first-order chi connectivity index (χ1) is 6.54. The van der Waals surface area contributed by atoms with Crippen LogP contribution < -0.4 is 0 Å². The van der Waals surface area contributed by atoms with Crippen LogP contribution >= 0.6 is 43.5 Å². The Morgan fingerprint density at radius 1 is 1.50 bits per heavy atom. The van der Waals surface area contributed by atoms with Crippen LogP contribution in [-0.4, -0.2) is 10.6 Å². The molecule has 76 valence electrons. The lowest BCUT2D eigenvalue weighted by molar-refractivity contribution is 0.0996. The largest absolute Gasteiger partial charge is 0.293 e. The molecule has 1 aromatic rings. The Labute approximate surface area is 105 Å². The summed E-state index contributed by atoms with van der Waals surface area (Å²) in [4.78, 5) is 11.5. The summed E-state index contributed by atoms with van der Waals surface area (Å²) in [7, 11) is 0. The fraction of sp³-hybridized carbons (Fsp3) is 0.300. The van der Waals surface area contributed by atoms with Gasteiger partial charge in [-0.3, -0.25) is 4.79 Å². The Hall–Kier alpha value is 0.140. The van der Waals surface area contributed by atoms with E-state index < -0.39 is 0 Å². The molecule has 0 aromatic heterocycles. The predicted molar refractivity (Wildman–Crippen MR) is 66.8 cm³/mol. The second-order valence-electron chi connectivity index (χ2n) is 2.96. The zero-order valence-corrected chi connectivity index (χ0v) is 11.5. The molecule has 0 N–H and O–H groups in total. The van der Waals surface area contributed by atoms with Crippen molar-refractivity contribution in [2.24, 2.45) is 0 Å². The number of hydrogen-bond donors (Lipinski definition) is 0. The van der Waals surface area contributed by atoms with Crippen molar-refractivity contribution in [3.63, 3.8) is 0 Å². The predicted octanol–water partition coefficient (Wildman–Crippen LogP) is 4.20. The molecule has 0 saturated heterocycles. The topological polar surface area (TPSA) is 17.1 Å². The fourth-order valence-electron chi connectivity index (χ4n) is 1.10. The molecule has 0 saturated carbocycles. The zero-order chi connectivity index (χ0) is 10.7. The molecular weight excluding hydrogens is 331 g/mol. The van der Waals surface area contributed by atoms with E-state index in [1.54, 1.807) is 13.0 Å². The van der Waals surface area contributed by atoms with Gasteiger partial charge in [-0.25, -0.2) is 0 Å². The molecule has 0 bridgehead atoms. The van der Waals surface area contributed by atoms with Crippen LogP contribution in [0.2, 0.25) is 5.02 Å². The van der Waals surface area contributed by atoms with Gasteiger partial charge in [-0.1, -0.05) is 43.5 Å². The summed E-state index contributed by atoms with van der Waals surface area (Å²) in [5.74, 6) is 0.0506. The Balaban J connectivity index is 3.09. The van der Waals surface area contributed by atoms with Crippen LogP contribution in [0.5, 0.6) is 0 Å². The van der Waals surface area contributed by atoms with Crippen molar-refractivity contribution in [2.45, 2.75) is 17.1 Å². The molecule has 1 rings (SSSR count). The van der Waals surface area contributed by atoms with E-state index in [2.05, 4.69) is 31.9 Å².